The minimum Gasteiger partial charge on any atom is -0.392 e. The molecule has 3 N–H and O–H groups in total. The number of anilines is 2. The van der Waals surface area contributed by atoms with Crippen molar-refractivity contribution in [1.82, 2.24) is 0 Å². The average Bonchev–Trinajstić information content (AvgIpc) is 2.50. The highest BCUT2D eigenvalue weighted by molar-refractivity contribution is 9.10. The summed E-state index contributed by atoms with van der Waals surface area (Å²) in [5.74, 6) is -0.540. The molecular formula is C16H18BrFN2O3S. The lowest BCUT2D eigenvalue weighted by Gasteiger charge is -2.17. The predicted octanol–water partition coefficient (Wildman–Crippen LogP) is 3.49. The van der Waals surface area contributed by atoms with Crippen LogP contribution in [-0.2, 0) is 10.0 Å². The van der Waals surface area contributed by atoms with Gasteiger partial charge < -0.3 is 10.4 Å². The molecule has 1 unspecified atom stereocenters. The van der Waals surface area contributed by atoms with E-state index in [0.29, 0.717) is 0 Å². The van der Waals surface area contributed by atoms with Gasteiger partial charge in [0.2, 0.25) is 0 Å². The zero-order chi connectivity index (χ0) is 17.9. The molecule has 2 aromatic carbocycles. The zero-order valence-corrected chi connectivity index (χ0v) is 15.6. The molecule has 2 aromatic rings. The Hall–Kier alpha value is -1.64. The Kier molecular flexibility index (Phi) is 5.84. The van der Waals surface area contributed by atoms with Crippen molar-refractivity contribution in [3.05, 3.63) is 52.3 Å². The molecule has 0 fully saturated rings. The molecule has 0 heterocycles. The minimum absolute atomic E-state index is 0.0901. The smallest absolute Gasteiger partial charge is 0.261 e. The Balaban J connectivity index is 2.37. The van der Waals surface area contributed by atoms with Gasteiger partial charge in [0.15, 0.2) is 0 Å². The van der Waals surface area contributed by atoms with Crippen LogP contribution in [0.3, 0.4) is 0 Å². The second-order valence-electron chi connectivity index (χ2n) is 5.43. The third-order valence-corrected chi connectivity index (χ3v) is 5.40. The number of halogens is 2. The molecule has 0 spiro atoms. The first-order valence-corrected chi connectivity index (χ1v) is 9.48. The van der Waals surface area contributed by atoms with Crippen LogP contribution in [0.5, 0.6) is 0 Å². The van der Waals surface area contributed by atoms with Gasteiger partial charge in [0.1, 0.15) is 5.82 Å². The first-order chi connectivity index (χ1) is 11.2. The minimum atomic E-state index is -3.82. The average molecular weight is 417 g/mol. The van der Waals surface area contributed by atoms with Crippen LogP contribution in [0.15, 0.2) is 45.8 Å². The molecule has 0 aliphatic carbocycles. The van der Waals surface area contributed by atoms with Crippen LogP contribution < -0.4 is 10.0 Å². The Bertz CT molecular complexity index is 824. The summed E-state index contributed by atoms with van der Waals surface area (Å²) in [4.78, 5) is 0.107. The lowest BCUT2D eigenvalue weighted by Crippen LogP contribution is -2.19. The first-order valence-electron chi connectivity index (χ1n) is 7.20. The molecule has 2 rings (SSSR count). The van der Waals surface area contributed by atoms with E-state index in [1.165, 1.54) is 18.2 Å². The van der Waals surface area contributed by atoms with Gasteiger partial charge >= 0.3 is 0 Å². The quantitative estimate of drug-likeness (QED) is 0.673. The van der Waals surface area contributed by atoms with Gasteiger partial charge in [-0.25, -0.2) is 12.8 Å². The molecule has 0 aromatic heterocycles. The van der Waals surface area contributed by atoms with Gasteiger partial charge in [0.05, 0.1) is 26.8 Å². The molecule has 5 nitrogen and oxygen atoms in total. The molecule has 0 aliphatic rings. The molecule has 1 atom stereocenters. The van der Waals surface area contributed by atoms with Crippen molar-refractivity contribution < 1.29 is 17.9 Å². The number of hydrogen-bond donors (Lipinski definition) is 3. The van der Waals surface area contributed by atoms with E-state index in [9.17, 15) is 17.9 Å². The van der Waals surface area contributed by atoms with E-state index < -0.39 is 21.9 Å². The Morgan fingerprint density at radius 1 is 1.21 bits per heavy atom. The standard InChI is InChI=1S/C16H18BrFN2O3S/c1-10-3-5-12(6-4-10)24(22,23)20-14-8-7-13(18)15(17)16(14)19-9-11(2)21/h3-8,11,19-21H,9H2,1-2H3. The third-order valence-electron chi connectivity index (χ3n) is 3.24. The number of aliphatic hydroxyl groups is 1. The van der Waals surface area contributed by atoms with Crippen molar-refractivity contribution >= 4 is 37.3 Å². The van der Waals surface area contributed by atoms with Crippen LogP contribution in [0.1, 0.15) is 12.5 Å². The largest absolute Gasteiger partial charge is 0.392 e. The second-order valence-corrected chi connectivity index (χ2v) is 7.91. The van der Waals surface area contributed by atoms with Crippen LogP contribution in [0.4, 0.5) is 15.8 Å². The Morgan fingerprint density at radius 3 is 2.42 bits per heavy atom. The van der Waals surface area contributed by atoms with E-state index in [1.807, 2.05) is 6.92 Å². The zero-order valence-electron chi connectivity index (χ0n) is 13.2. The number of hydrogen-bond acceptors (Lipinski definition) is 4. The topological polar surface area (TPSA) is 78.4 Å². The molecule has 8 heteroatoms. The van der Waals surface area contributed by atoms with E-state index in [1.54, 1.807) is 19.1 Å². The summed E-state index contributed by atoms with van der Waals surface area (Å²) >= 11 is 3.10. The SMILES string of the molecule is Cc1ccc(S(=O)(=O)Nc2ccc(F)c(Br)c2NCC(C)O)cc1. The van der Waals surface area contributed by atoms with Crippen molar-refractivity contribution in [3.63, 3.8) is 0 Å². The number of aliphatic hydroxyl groups excluding tert-OH is 1. The van der Waals surface area contributed by atoms with Crippen molar-refractivity contribution in [2.75, 3.05) is 16.6 Å². The van der Waals surface area contributed by atoms with Gasteiger partial charge in [0.25, 0.3) is 10.0 Å². The van der Waals surface area contributed by atoms with Crippen molar-refractivity contribution in [1.29, 1.82) is 0 Å². The Morgan fingerprint density at radius 2 is 1.83 bits per heavy atom. The maximum Gasteiger partial charge on any atom is 0.261 e. The number of benzene rings is 2. The molecule has 0 amide bonds. The summed E-state index contributed by atoms with van der Waals surface area (Å²) in [6.45, 7) is 3.57. The van der Waals surface area contributed by atoms with E-state index in [-0.39, 0.29) is 27.3 Å². The van der Waals surface area contributed by atoms with Crippen LogP contribution in [0, 0.1) is 12.7 Å². The van der Waals surface area contributed by atoms with Gasteiger partial charge in [0, 0.05) is 6.54 Å². The van der Waals surface area contributed by atoms with Gasteiger partial charge in [-0.2, -0.15) is 0 Å². The molecule has 0 saturated heterocycles. The molecule has 24 heavy (non-hydrogen) atoms. The summed E-state index contributed by atoms with van der Waals surface area (Å²) in [6.07, 6.45) is -0.679. The highest BCUT2D eigenvalue weighted by Gasteiger charge is 2.19. The van der Waals surface area contributed by atoms with Crippen LogP contribution in [0.25, 0.3) is 0 Å². The predicted molar refractivity (Wildman–Crippen MR) is 96.3 cm³/mol. The van der Waals surface area contributed by atoms with Gasteiger partial charge in [-0.05, 0) is 54.0 Å². The lowest BCUT2D eigenvalue weighted by atomic mass is 10.2. The van der Waals surface area contributed by atoms with Crippen molar-refractivity contribution in [2.24, 2.45) is 0 Å². The monoisotopic (exact) mass is 416 g/mol. The van der Waals surface area contributed by atoms with Crippen molar-refractivity contribution in [3.8, 4) is 0 Å². The van der Waals surface area contributed by atoms with Gasteiger partial charge in [-0.15, -0.1) is 0 Å². The highest BCUT2D eigenvalue weighted by atomic mass is 79.9. The van der Waals surface area contributed by atoms with E-state index >= 15 is 0 Å². The summed E-state index contributed by atoms with van der Waals surface area (Å²) < 4.78 is 41.3. The highest BCUT2D eigenvalue weighted by Crippen LogP contribution is 2.34. The molecular weight excluding hydrogens is 399 g/mol. The van der Waals surface area contributed by atoms with E-state index in [4.69, 9.17) is 0 Å². The van der Waals surface area contributed by atoms with E-state index in [2.05, 4.69) is 26.0 Å². The molecule has 0 radical (unpaired) electrons. The molecule has 130 valence electrons. The first kappa shape index (κ1) is 18.7. The fourth-order valence-corrected chi connectivity index (χ4v) is 3.54. The third kappa shape index (κ3) is 4.46. The van der Waals surface area contributed by atoms with Crippen LogP contribution in [0.2, 0.25) is 0 Å². The van der Waals surface area contributed by atoms with Gasteiger partial charge in [-0.1, -0.05) is 17.7 Å². The van der Waals surface area contributed by atoms with Crippen molar-refractivity contribution in [2.45, 2.75) is 24.8 Å². The van der Waals surface area contributed by atoms with E-state index in [0.717, 1.165) is 11.6 Å². The molecule has 0 saturated carbocycles. The fourth-order valence-electron chi connectivity index (χ4n) is 1.98. The molecule has 0 aliphatic heterocycles. The summed E-state index contributed by atoms with van der Waals surface area (Å²) in [5.41, 5.74) is 1.36. The van der Waals surface area contributed by atoms with Gasteiger partial charge in [-0.3, -0.25) is 4.72 Å². The lowest BCUT2D eigenvalue weighted by molar-refractivity contribution is 0.208. The van der Waals surface area contributed by atoms with Crippen LogP contribution in [-0.4, -0.2) is 26.2 Å². The summed E-state index contributed by atoms with van der Waals surface area (Å²) in [6, 6.07) is 8.88. The van der Waals surface area contributed by atoms with Crippen LogP contribution >= 0.6 is 15.9 Å². The fraction of sp³-hybridized carbons (Fsp3) is 0.250. The Labute approximate surface area is 149 Å². The summed E-state index contributed by atoms with van der Waals surface area (Å²) in [5, 5.41) is 12.2. The molecule has 0 bridgehead atoms. The summed E-state index contributed by atoms with van der Waals surface area (Å²) in [7, 11) is -3.82. The number of aryl methyl sites for hydroxylation is 1. The maximum absolute atomic E-state index is 13.8. The number of nitrogens with one attached hydrogen (secondary N) is 2. The number of rotatable bonds is 6. The normalized spacial score (nSPS) is 12.7. The number of sulfonamides is 1. The second kappa shape index (κ2) is 7.50. The maximum atomic E-state index is 13.8.